The molecule has 4 rings (SSSR count). The topological polar surface area (TPSA) is 36.9 Å². The highest BCUT2D eigenvalue weighted by Gasteiger charge is 2.17. The maximum atomic E-state index is 5.39. The fourth-order valence-corrected chi connectivity index (χ4v) is 2.90. The average Bonchev–Trinajstić information content (AvgIpc) is 3.20. The van der Waals surface area contributed by atoms with Gasteiger partial charge in [-0.3, -0.25) is 0 Å². The summed E-state index contributed by atoms with van der Waals surface area (Å²) in [7, 11) is 0. The van der Waals surface area contributed by atoms with Crippen molar-refractivity contribution < 1.29 is 18.9 Å². The number of thiol groups is 2. The highest BCUT2D eigenvalue weighted by atomic mass is 32.1. The summed E-state index contributed by atoms with van der Waals surface area (Å²) in [6, 6.07) is 11.4. The second-order valence-electron chi connectivity index (χ2n) is 4.83. The molecule has 0 aliphatic carbocycles. The van der Waals surface area contributed by atoms with Gasteiger partial charge in [0.05, 0.1) is 0 Å². The molecule has 0 bridgehead atoms. The van der Waals surface area contributed by atoms with E-state index in [0.717, 1.165) is 43.9 Å². The fourth-order valence-electron chi connectivity index (χ4n) is 2.36. The van der Waals surface area contributed by atoms with Gasteiger partial charge in [-0.2, -0.15) is 0 Å². The van der Waals surface area contributed by atoms with Gasteiger partial charge >= 0.3 is 0 Å². The van der Waals surface area contributed by atoms with Crippen LogP contribution in [0.1, 0.15) is 11.1 Å². The number of hydrogen-bond donors (Lipinski definition) is 2. The molecule has 0 atom stereocenters. The van der Waals surface area contributed by atoms with E-state index in [4.69, 9.17) is 18.9 Å². The zero-order chi connectivity index (χ0) is 15.1. The lowest BCUT2D eigenvalue weighted by Gasteiger charge is -2.08. The molecule has 6 heteroatoms. The maximum Gasteiger partial charge on any atom is 0.231 e. The zero-order valence-corrected chi connectivity index (χ0v) is 13.2. The van der Waals surface area contributed by atoms with Crippen LogP contribution in [0.25, 0.3) is 9.81 Å². The van der Waals surface area contributed by atoms with E-state index in [1.807, 2.05) is 36.4 Å². The van der Waals surface area contributed by atoms with Gasteiger partial charge in [0.15, 0.2) is 23.0 Å². The standard InChI is InChI=1S/C16H12O4S2/c21-15(9-1-3-11-13(5-9)19-7-17-11)16(22)10-2-4-12-14(6-10)20-8-18-12/h1-6,21-22H,7-8H2/b16-15-. The maximum absolute atomic E-state index is 5.39. The van der Waals surface area contributed by atoms with Crippen molar-refractivity contribution in [2.75, 3.05) is 13.6 Å². The molecular formula is C16H12O4S2. The summed E-state index contributed by atoms with van der Waals surface area (Å²) >= 11 is 9.21. The number of fused-ring (bicyclic) bond motifs is 2. The molecule has 0 radical (unpaired) electrons. The Balaban J connectivity index is 1.73. The molecule has 4 nitrogen and oxygen atoms in total. The van der Waals surface area contributed by atoms with Crippen LogP contribution in [0.2, 0.25) is 0 Å². The van der Waals surface area contributed by atoms with Gasteiger partial charge in [0, 0.05) is 9.81 Å². The third kappa shape index (κ3) is 2.28. The summed E-state index contributed by atoms with van der Waals surface area (Å²) in [5.74, 6) is 2.93. The van der Waals surface area contributed by atoms with Crippen molar-refractivity contribution in [2.45, 2.75) is 0 Å². The van der Waals surface area contributed by atoms with Gasteiger partial charge in [-0.05, 0) is 47.5 Å². The summed E-state index contributed by atoms with van der Waals surface area (Å²) < 4.78 is 21.4. The number of ether oxygens (including phenoxy) is 4. The van der Waals surface area contributed by atoms with Gasteiger partial charge in [-0.15, -0.1) is 25.3 Å². The molecule has 0 N–H and O–H groups in total. The minimum atomic E-state index is 0.250. The van der Waals surface area contributed by atoms with E-state index in [0.29, 0.717) is 0 Å². The second kappa shape index (κ2) is 5.37. The minimum Gasteiger partial charge on any atom is -0.454 e. The molecule has 0 unspecified atom stereocenters. The molecule has 2 heterocycles. The first-order chi connectivity index (χ1) is 10.7. The Bertz CT molecular complexity index is 720. The molecule has 0 aromatic heterocycles. The molecule has 0 saturated carbocycles. The van der Waals surface area contributed by atoms with Gasteiger partial charge < -0.3 is 18.9 Å². The quantitative estimate of drug-likeness (QED) is 0.647. The highest BCUT2D eigenvalue weighted by Crippen LogP contribution is 2.41. The molecule has 2 aliphatic rings. The van der Waals surface area contributed by atoms with Gasteiger partial charge in [0.1, 0.15) is 0 Å². The Kier molecular flexibility index (Phi) is 3.35. The SMILES string of the molecule is S/C(=C(\S)c1ccc2c(c1)OCO2)c1ccc2c(c1)OCO2. The third-order valence-corrected chi connectivity index (χ3v) is 4.66. The normalized spacial score (nSPS) is 15.7. The van der Waals surface area contributed by atoms with E-state index < -0.39 is 0 Å². The molecule has 112 valence electrons. The molecule has 0 fully saturated rings. The van der Waals surface area contributed by atoms with E-state index in [9.17, 15) is 0 Å². The highest BCUT2D eigenvalue weighted by molar-refractivity contribution is 7.96. The Morgan fingerprint density at radius 3 is 1.50 bits per heavy atom. The third-order valence-electron chi connectivity index (χ3n) is 3.52. The summed E-state index contributed by atoms with van der Waals surface area (Å²) in [4.78, 5) is 1.50. The summed E-state index contributed by atoms with van der Waals surface area (Å²) in [5, 5.41) is 0. The van der Waals surface area contributed by atoms with Crippen LogP contribution < -0.4 is 18.9 Å². The number of benzene rings is 2. The monoisotopic (exact) mass is 332 g/mol. The largest absolute Gasteiger partial charge is 0.454 e. The van der Waals surface area contributed by atoms with Crippen molar-refractivity contribution in [1.29, 1.82) is 0 Å². The Labute approximate surface area is 138 Å². The van der Waals surface area contributed by atoms with Gasteiger partial charge in [-0.25, -0.2) is 0 Å². The van der Waals surface area contributed by atoms with E-state index in [2.05, 4.69) is 25.3 Å². The average molecular weight is 332 g/mol. The minimum absolute atomic E-state index is 0.250. The Morgan fingerprint density at radius 1 is 0.636 bits per heavy atom. The lowest BCUT2D eigenvalue weighted by atomic mass is 10.1. The molecule has 0 spiro atoms. The van der Waals surface area contributed by atoms with Crippen LogP contribution in [-0.2, 0) is 0 Å². The first kappa shape index (κ1) is 13.7. The van der Waals surface area contributed by atoms with Crippen molar-refractivity contribution in [3.05, 3.63) is 47.5 Å². The molecule has 2 aromatic carbocycles. The molecular weight excluding hydrogens is 320 g/mol. The van der Waals surface area contributed by atoms with E-state index >= 15 is 0 Å². The molecule has 0 saturated heterocycles. The van der Waals surface area contributed by atoms with Gasteiger partial charge in [0.25, 0.3) is 0 Å². The Hall–Kier alpha value is -1.92. The van der Waals surface area contributed by atoms with Crippen molar-refractivity contribution >= 4 is 35.1 Å². The van der Waals surface area contributed by atoms with Crippen LogP contribution in [-0.4, -0.2) is 13.6 Å². The van der Waals surface area contributed by atoms with Gasteiger partial charge in [-0.1, -0.05) is 0 Å². The van der Waals surface area contributed by atoms with Crippen LogP contribution in [0.15, 0.2) is 36.4 Å². The van der Waals surface area contributed by atoms with E-state index in [1.165, 1.54) is 0 Å². The first-order valence-electron chi connectivity index (χ1n) is 6.64. The lowest BCUT2D eigenvalue weighted by Crippen LogP contribution is -1.93. The molecule has 2 aromatic rings. The van der Waals surface area contributed by atoms with E-state index in [-0.39, 0.29) is 13.6 Å². The summed E-state index contributed by atoms with van der Waals surface area (Å²) in [6.45, 7) is 0.501. The van der Waals surface area contributed by atoms with Crippen LogP contribution in [0, 0.1) is 0 Å². The first-order valence-corrected chi connectivity index (χ1v) is 7.54. The van der Waals surface area contributed by atoms with Crippen molar-refractivity contribution in [2.24, 2.45) is 0 Å². The van der Waals surface area contributed by atoms with Crippen LogP contribution >= 0.6 is 25.3 Å². The van der Waals surface area contributed by atoms with Crippen molar-refractivity contribution in [1.82, 2.24) is 0 Å². The lowest BCUT2D eigenvalue weighted by molar-refractivity contribution is 0.173. The second-order valence-corrected chi connectivity index (χ2v) is 5.73. The van der Waals surface area contributed by atoms with Gasteiger partial charge in [0.2, 0.25) is 13.6 Å². The molecule has 2 aliphatic heterocycles. The number of hydrogen-bond acceptors (Lipinski definition) is 6. The smallest absolute Gasteiger partial charge is 0.231 e. The van der Waals surface area contributed by atoms with Crippen LogP contribution in [0.4, 0.5) is 0 Å². The molecule has 22 heavy (non-hydrogen) atoms. The van der Waals surface area contributed by atoms with E-state index in [1.54, 1.807) is 0 Å². The number of rotatable bonds is 2. The predicted molar refractivity (Wildman–Crippen MR) is 89.9 cm³/mol. The van der Waals surface area contributed by atoms with Crippen LogP contribution in [0.3, 0.4) is 0 Å². The van der Waals surface area contributed by atoms with Crippen molar-refractivity contribution in [3.63, 3.8) is 0 Å². The molecule has 0 amide bonds. The zero-order valence-electron chi connectivity index (χ0n) is 11.4. The fraction of sp³-hybridized carbons (Fsp3) is 0.125. The Morgan fingerprint density at radius 2 is 1.05 bits per heavy atom. The predicted octanol–water partition coefficient (Wildman–Crippen LogP) is 3.83. The van der Waals surface area contributed by atoms with Crippen molar-refractivity contribution in [3.8, 4) is 23.0 Å². The summed E-state index contributed by atoms with van der Waals surface area (Å²) in [5.41, 5.74) is 1.82. The van der Waals surface area contributed by atoms with Crippen LogP contribution in [0.5, 0.6) is 23.0 Å². The summed E-state index contributed by atoms with van der Waals surface area (Å²) in [6.07, 6.45) is 0.